The second kappa shape index (κ2) is 9.70. The van der Waals surface area contributed by atoms with Gasteiger partial charge in [0.05, 0.1) is 25.3 Å². The lowest BCUT2D eigenvalue weighted by Crippen LogP contribution is -2.33. The van der Waals surface area contributed by atoms with Crippen LogP contribution in [0.25, 0.3) is 10.8 Å². The molecule has 2 atom stereocenters. The third kappa shape index (κ3) is 3.93. The molecule has 0 aliphatic heterocycles. The minimum atomic E-state index is -0.582. The fraction of sp³-hybridized carbons (Fsp3) is 0.294. The SMILES string of the molecule is COC(=O)c1cc2c3c(c4c(c2cc1C(=O)OC)C(Oc1c(C)cccc1C)C4)C(Oc1c(C)cccc1C)C3. The minimum absolute atomic E-state index is 0.101. The molecular weight excluding hydrogens is 504 g/mol. The molecule has 0 aromatic heterocycles. The van der Waals surface area contributed by atoms with Gasteiger partial charge in [0.2, 0.25) is 0 Å². The molecule has 6 heteroatoms. The molecule has 2 unspecified atom stereocenters. The number of para-hydroxylation sites is 2. The summed E-state index contributed by atoms with van der Waals surface area (Å²) in [5.41, 5.74) is 9.24. The van der Waals surface area contributed by atoms with E-state index in [1.165, 1.54) is 19.8 Å². The van der Waals surface area contributed by atoms with Gasteiger partial charge in [-0.05, 0) is 84.0 Å². The molecule has 0 saturated carbocycles. The highest BCUT2D eigenvalue weighted by Crippen LogP contribution is 2.54. The van der Waals surface area contributed by atoms with E-state index >= 15 is 0 Å². The highest BCUT2D eigenvalue weighted by atomic mass is 16.5. The molecule has 4 aromatic carbocycles. The number of methoxy groups -OCH3 is 2. The molecule has 0 amide bonds. The Morgan fingerprint density at radius 2 is 1.05 bits per heavy atom. The van der Waals surface area contributed by atoms with Crippen molar-refractivity contribution in [2.24, 2.45) is 0 Å². The summed E-state index contributed by atoms with van der Waals surface area (Å²) in [6, 6.07) is 15.8. The van der Waals surface area contributed by atoms with Crippen molar-refractivity contribution < 1.29 is 28.5 Å². The fourth-order valence-corrected chi connectivity index (χ4v) is 6.23. The van der Waals surface area contributed by atoms with Gasteiger partial charge in [-0.2, -0.15) is 0 Å². The van der Waals surface area contributed by atoms with E-state index < -0.39 is 11.9 Å². The van der Waals surface area contributed by atoms with Crippen LogP contribution in [0.3, 0.4) is 0 Å². The molecule has 0 fully saturated rings. The van der Waals surface area contributed by atoms with E-state index in [0.29, 0.717) is 6.42 Å². The third-order valence-electron chi connectivity index (χ3n) is 8.32. The third-order valence-corrected chi connectivity index (χ3v) is 8.32. The largest absolute Gasteiger partial charge is 0.485 e. The lowest BCUT2D eigenvalue weighted by atomic mass is 9.68. The maximum absolute atomic E-state index is 12.8. The van der Waals surface area contributed by atoms with E-state index in [1.54, 1.807) is 12.1 Å². The molecule has 6 rings (SSSR count). The smallest absolute Gasteiger partial charge is 0.338 e. The summed E-state index contributed by atoms with van der Waals surface area (Å²) in [6.07, 6.45) is 1.14. The quantitative estimate of drug-likeness (QED) is 0.247. The van der Waals surface area contributed by atoms with Crippen LogP contribution >= 0.6 is 0 Å². The number of aryl methyl sites for hydroxylation is 4. The Morgan fingerprint density at radius 3 is 1.52 bits per heavy atom. The van der Waals surface area contributed by atoms with Crippen LogP contribution in [0, 0.1) is 27.7 Å². The van der Waals surface area contributed by atoms with Crippen LogP contribution in [-0.2, 0) is 22.3 Å². The maximum atomic E-state index is 12.8. The number of benzene rings is 4. The van der Waals surface area contributed by atoms with Gasteiger partial charge in [0.25, 0.3) is 0 Å². The molecule has 40 heavy (non-hydrogen) atoms. The van der Waals surface area contributed by atoms with Gasteiger partial charge in [0, 0.05) is 24.0 Å². The van der Waals surface area contributed by atoms with Gasteiger partial charge in [0.1, 0.15) is 23.7 Å². The number of carbonyl (C=O) groups excluding carboxylic acids is 2. The molecule has 4 aromatic rings. The van der Waals surface area contributed by atoms with Gasteiger partial charge in [0.15, 0.2) is 0 Å². The second-order valence-corrected chi connectivity index (χ2v) is 10.8. The number of rotatable bonds is 6. The first-order valence-corrected chi connectivity index (χ1v) is 13.5. The second-order valence-electron chi connectivity index (χ2n) is 10.8. The first kappa shape index (κ1) is 25.9. The lowest BCUT2D eigenvalue weighted by molar-refractivity contribution is 0.0555. The molecule has 0 N–H and O–H groups in total. The zero-order chi connectivity index (χ0) is 28.3. The normalized spacial score (nSPS) is 16.8. The Balaban J connectivity index is 1.53. The van der Waals surface area contributed by atoms with Crippen molar-refractivity contribution in [1.82, 2.24) is 0 Å². The van der Waals surface area contributed by atoms with Gasteiger partial charge in [-0.25, -0.2) is 9.59 Å². The van der Waals surface area contributed by atoms with Crippen molar-refractivity contribution >= 4 is 22.7 Å². The molecule has 0 saturated heterocycles. The Bertz CT molecular complexity index is 1680. The Hall–Kier alpha value is -4.32. The molecule has 2 aliphatic rings. The van der Waals surface area contributed by atoms with Gasteiger partial charge >= 0.3 is 11.9 Å². The molecule has 0 bridgehead atoms. The zero-order valence-electron chi connectivity index (χ0n) is 23.6. The summed E-state index contributed by atoms with van der Waals surface area (Å²) in [4.78, 5) is 25.5. The van der Waals surface area contributed by atoms with Crippen molar-refractivity contribution in [3.63, 3.8) is 0 Å². The van der Waals surface area contributed by atoms with Crippen molar-refractivity contribution in [2.75, 3.05) is 14.2 Å². The Labute approximate surface area is 233 Å². The van der Waals surface area contributed by atoms with Crippen LogP contribution in [0.4, 0.5) is 0 Å². The molecular formula is C34H32O6. The van der Waals surface area contributed by atoms with Crippen LogP contribution < -0.4 is 9.47 Å². The topological polar surface area (TPSA) is 71.1 Å². The molecule has 204 valence electrons. The molecule has 0 spiro atoms. The summed E-state index contributed by atoms with van der Waals surface area (Å²) in [5, 5.41) is 1.81. The van der Waals surface area contributed by atoms with Crippen LogP contribution in [0.2, 0.25) is 0 Å². The summed E-state index contributed by atoms with van der Waals surface area (Å²) in [6.45, 7) is 8.21. The average Bonchev–Trinajstić information content (AvgIpc) is 2.91. The van der Waals surface area contributed by atoms with Crippen LogP contribution in [0.15, 0.2) is 48.5 Å². The van der Waals surface area contributed by atoms with Crippen LogP contribution in [-0.4, -0.2) is 26.2 Å². The molecule has 0 heterocycles. The van der Waals surface area contributed by atoms with Gasteiger partial charge in [-0.3, -0.25) is 0 Å². The predicted octanol–water partition coefficient (Wildman–Crippen LogP) is 7.00. The van der Waals surface area contributed by atoms with E-state index in [-0.39, 0.29) is 23.3 Å². The van der Waals surface area contributed by atoms with Crippen molar-refractivity contribution in [3.05, 3.63) is 104 Å². The minimum Gasteiger partial charge on any atom is -0.485 e. The van der Waals surface area contributed by atoms with Gasteiger partial charge < -0.3 is 18.9 Å². The molecule has 0 radical (unpaired) electrons. The summed E-state index contributed by atoms with van der Waals surface area (Å²) < 4.78 is 23.3. The van der Waals surface area contributed by atoms with Crippen molar-refractivity contribution in [1.29, 1.82) is 0 Å². The van der Waals surface area contributed by atoms with E-state index in [9.17, 15) is 9.59 Å². The summed E-state index contributed by atoms with van der Waals surface area (Å²) in [5.74, 6) is 0.619. The van der Waals surface area contributed by atoms with Crippen LogP contribution in [0.5, 0.6) is 11.5 Å². The first-order valence-electron chi connectivity index (χ1n) is 13.5. The number of esters is 2. The standard InChI is InChI=1S/C34H32O6/c1-17-9-7-10-18(2)31(17)39-27-15-23-21-13-24(33(35)37-5)25(34(36)38-6)14-22(21)29-26(30(23)27)16-28(29)40-32-19(3)11-8-12-20(32)4/h7-14,27-28H,15-16H2,1-6H3. The lowest BCUT2D eigenvalue weighted by Gasteiger charge is -2.43. The monoisotopic (exact) mass is 536 g/mol. The highest BCUT2D eigenvalue weighted by Gasteiger charge is 2.43. The number of hydrogen-bond donors (Lipinski definition) is 0. The number of carbonyl (C=O) groups is 2. The van der Waals surface area contributed by atoms with Crippen LogP contribution in [0.1, 0.15) is 77.4 Å². The van der Waals surface area contributed by atoms with Crippen molar-refractivity contribution in [3.8, 4) is 11.5 Å². The Morgan fingerprint density at radius 1 is 0.625 bits per heavy atom. The van der Waals surface area contributed by atoms with Gasteiger partial charge in [-0.1, -0.05) is 36.4 Å². The predicted molar refractivity (Wildman–Crippen MR) is 153 cm³/mol. The number of ether oxygens (including phenoxy) is 4. The fourth-order valence-electron chi connectivity index (χ4n) is 6.23. The zero-order valence-corrected chi connectivity index (χ0v) is 23.6. The summed E-state index contributed by atoms with van der Waals surface area (Å²) in [7, 11) is 2.62. The molecule has 6 nitrogen and oxygen atoms in total. The number of fused-ring (bicyclic) bond motifs is 6. The van der Waals surface area contributed by atoms with E-state index in [4.69, 9.17) is 18.9 Å². The maximum Gasteiger partial charge on any atom is 0.338 e. The van der Waals surface area contributed by atoms with E-state index in [2.05, 4.69) is 26.0 Å². The van der Waals surface area contributed by atoms with Gasteiger partial charge in [-0.15, -0.1) is 0 Å². The van der Waals surface area contributed by atoms with E-state index in [1.807, 2.05) is 38.1 Å². The summed E-state index contributed by atoms with van der Waals surface area (Å²) >= 11 is 0. The first-order chi connectivity index (χ1) is 19.2. The number of hydrogen-bond acceptors (Lipinski definition) is 6. The Kier molecular flexibility index (Phi) is 6.29. The highest BCUT2D eigenvalue weighted by molar-refractivity contribution is 6.09. The molecule has 2 aliphatic carbocycles. The van der Waals surface area contributed by atoms with Crippen molar-refractivity contribution in [2.45, 2.75) is 52.7 Å². The van der Waals surface area contributed by atoms with E-state index in [0.717, 1.165) is 67.6 Å². The average molecular weight is 537 g/mol.